The number of hydrogen-bond donors (Lipinski definition) is 0. The Labute approximate surface area is 120 Å². The van der Waals surface area contributed by atoms with Gasteiger partial charge in [-0.25, -0.2) is 0 Å². The van der Waals surface area contributed by atoms with E-state index in [1.807, 2.05) is 6.07 Å². The maximum atomic E-state index is 6.05. The van der Waals surface area contributed by atoms with Gasteiger partial charge in [0.1, 0.15) is 12.4 Å². The monoisotopic (exact) mass is 331 g/mol. The van der Waals surface area contributed by atoms with Gasteiger partial charge in [-0.3, -0.25) is 4.98 Å². The quantitative estimate of drug-likeness (QED) is 0.772. The fourth-order valence-electron chi connectivity index (χ4n) is 1.47. The molecule has 102 valence electrons. The molecule has 1 aromatic rings. The van der Waals surface area contributed by atoms with E-state index in [-0.39, 0.29) is 11.5 Å². The largest absolute Gasteiger partial charge is 0.489 e. The van der Waals surface area contributed by atoms with E-state index in [0.717, 1.165) is 10.2 Å². The molecule has 5 heteroatoms. The van der Waals surface area contributed by atoms with Crippen molar-refractivity contribution in [2.24, 2.45) is 5.41 Å². The Morgan fingerprint density at radius 1 is 1.33 bits per heavy atom. The first-order valence-electron chi connectivity index (χ1n) is 6.18. The topological polar surface area (TPSA) is 31.4 Å². The second-order valence-electron chi connectivity index (χ2n) is 5.69. The zero-order valence-electron chi connectivity index (χ0n) is 11.7. The van der Waals surface area contributed by atoms with Crippen LogP contribution in [0.4, 0.5) is 0 Å². The Morgan fingerprint density at radius 3 is 2.50 bits per heavy atom. The number of hydrogen-bond acceptors (Lipinski definition) is 3. The summed E-state index contributed by atoms with van der Waals surface area (Å²) in [4.78, 5) is 4.08. The van der Waals surface area contributed by atoms with Crippen LogP contribution in [0.15, 0.2) is 22.9 Å². The van der Waals surface area contributed by atoms with Crippen molar-refractivity contribution in [2.75, 3.05) is 6.61 Å². The molecule has 1 atom stereocenters. The number of nitrogens with zero attached hydrogens (tertiary/aromatic N) is 1. The van der Waals surface area contributed by atoms with Crippen molar-refractivity contribution in [3.05, 3.63) is 22.9 Å². The molecular weight excluding hydrogens is 310 g/mol. The van der Waals surface area contributed by atoms with E-state index in [2.05, 4.69) is 54.8 Å². The minimum absolute atomic E-state index is 0.0801. The Kier molecular flexibility index (Phi) is 5.81. The van der Waals surface area contributed by atoms with Crippen molar-refractivity contribution in [2.45, 2.75) is 40.0 Å². The second-order valence-corrected chi connectivity index (χ2v) is 8.97. The molecule has 0 aliphatic heterocycles. The van der Waals surface area contributed by atoms with Crippen LogP contribution in [-0.4, -0.2) is 26.7 Å². The normalized spacial score (nSPS) is 13.7. The Balaban J connectivity index is 2.62. The molecule has 0 amide bonds. The number of ether oxygens (including phenoxy) is 1. The summed E-state index contributed by atoms with van der Waals surface area (Å²) in [5, 5.41) is 0. The van der Waals surface area contributed by atoms with Crippen LogP contribution >= 0.6 is 15.9 Å². The molecule has 1 rings (SSSR count). The number of aromatic nitrogens is 1. The molecule has 0 aliphatic carbocycles. The summed E-state index contributed by atoms with van der Waals surface area (Å²) in [5.74, 6) is 0.771. The van der Waals surface area contributed by atoms with Gasteiger partial charge in [0.15, 0.2) is 9.04 Å². The Bertz CT molecular complexity index is 379. The zero-order chi connectivity index (χ0) is 13.8. The SMILES string of the molecule is C[SiH](C)OC(COc1cncc(Br)c1)C(C)(C)C. The highest BCUT2D eigenvalue weighted by Gasteiger charge is 2.27. The molecule has 1 heterocycles. The minimum Gasteiger partial charge on any atom is -0.489 e. The van der Waals surface area contributed by atoms with Crippen molar-refractivity contribution in [3.8, 4) is 5.75 Å². The third kappa shape index (κ3) is 5.50. The second kappa shape index (κ2) is 6.68. The lowest BCUT2D eigenvalue weighted by atomic mass is 9.90. The standard InChI is InChI=1S/C13H22BrNO2Si/c1-13(2,3)12(17-18(4)5)9-16-11-6-10(14)7-15-8-11/h6-8,12,18H,9H2,1-5H3. The lowest BCUT2D eigenvalue weighted by Crippen LogP contribution is -2.38. The highest BCUT2D eigenvalue weighted by Crippen LogP contribution is 2.24. The third-order valence-electron chi connectivity index (χ3n) is 2.48. The van der Waals surface area contributed by atoms with Crippen molar-refractivity contribution in [1.82, 2.24) is 4.98 Å². The number of rotatable bonds is 5. The molecule has 1 aromatic heterocycles. The highest BCUT2D eigenvalue weighted by molar-refractivity contribution is 9.10. The molecule has 0 bridgehead atoms. The van der Waals surface area contributed by atoms with Gasteiger partial charge in [0.25, 0.3) is 0 Å². The maximum absolute atomic E-state index is 6.05. The van der Waals surface area contributed by atoms with Crippen molar-refractivity contribution in [3.63, 3.8) is 0 Å². The predicted octanol–water partition coefficient (Wildman–Crippen LogP) is 3.64. The van der Waals surface area contributed by atoms with E-state index in [0.29, 0.717) is 6.61 Å². The summed E-state index contributed by atoms with van der Waals surface area (Å²) >= 11 is 3.38. The van der Waals surface area contributed by atoms with Gasteiger partial charge >= 0.3 is 0 Å². The van der Waals surface area contributed by atoms with Crippen LogP contribution in [0.3, 0.4) is 0 Å². The molecule has 18 heavy (non-hydrogen) atoms. The summed E-state index contributed by atoms with van der Waals surface area (Å²) in [6, 6.07) is 1.92. The fourth-order valence-corrected chi connectivity index (χ4v) is 2.95. The van der Waals surface area contributed by atoms with Gasteiger partial charge in [-0.05, 0) is 40.5 Å². The van der Waals surface area contributed by atoms with E-state index in [1.54, 1.807) is 12.4 Å². The number of halogens is 1. The third-order valence-corrected chi connectivity index (χ3v) is 3.79. The molecule has 0 aliphatic rings. The van der Waals surface area contributed by atoms with Crippen LogP contribution in [0.25, 0.3) is 0 Å². The van der Waals surface area contributed by atoms with Gasteiger partial charge in [-0.15, -0.1) is 0 Å². The fraction of sp³-hybridized carbons (Fsp3) is 0.615. The van der Waals surface area contributed by atoms with Crippen LogP contribution < -0.4 is 4.74 Å². The van der Waals surface area contributed by atoms with Gasteiger partial charge in [-0.2, -0.15) is 0 Å². The molecule has 0 fully saturated rings. The van der Waals surface area contributed by atoms with Gasteiger partial charge in [0.2, 0.25) is 0 Å². The smallest absolute Gasteiger partial charge is 0.171 e. The molecule has 0 N–H and O–H groups in total. The van der Waals surface area contributed by atoms with Crippen molar-refractivity contribution >= 4 is 25.0 Å². The molecule has 3 nitrogen and oxygen atoms in total. The van der Waals surface area contributed by atoms with Crippen LogP contribution in [0.5, 0.6) is 5.75 Å². The molecule has 0 spiro atoms. The Morgan fingerprint density at radius 2 is 2.00 bits per heavy atom. The molecule has 0 saturated heterocycles. The molecular formula is C13H22BrNO2Si. The first kappa shape index (κ1) is 15.7. The average Bonchev–Trinajstić information content (AvgIpc) is 2.22. The van der Waals surface area contributed by atoms with Gasteiger partial charge < -0.3 is 9.16 Å². The maximum Gasteiger partial charge on any atom is 0.171 e. The summed E-state index contributed by atoms with van der Waals surface area (Å²) in [7, 11) is -1.07. The lowest BCUT2D eigenvalue weighted by molar-refractivity contribution is 0.0411. The summed E-state index contributed by atoms with van der Waals surface area (Å²) in [6.07, 6.45) is 3.58. The summed E-state index contributed by atoms with van der Waals surface area (Å²) in [5.41, 5.74) is 0.0801. The first-order chi connectivity index (χ1) is 8.29. The van der Waals surface area contributed by atoms with E-state index >= 15 is 0 Å². The predicted molar refractivity (Wildman–Crippen MR) is 80.6 cm³/mol. The molecule has 0 aromatic carbocycles. The minimum atomic E-state index is -1.07. The van der Waals surface area contributed by atoms with E-state index in [4.69, 9.17) is 9.16 Å². The highest BCUT2D eigenvalue weighted by atomic mass is 79.9. The van der Waals surface area contributed by atoms with Crippen molar-refractivity contribution < 1.29 is 9.16 Å². The molecule has 1 unspecified atom stereocenters. The molecule has 0 radical (unpaired) electrons. The van der Waals surface area contributed by atoms with Crippen molar-refractivity contribution in [1.29, 1.82) is 0 Å². The summed E-state index contributed by atoms with van der Waals surface area (Å²) < 4.78 is 12.8. The molecule has 0 saturated carbocycles. The number of pyridine rings is 1. The van der Waals surface area contributed by atoms with Crippen LogP contribution in [0.1, 0.15) is 20.8 Å². The van der Waals surface area contributed by atoms with Gasteiger partial charge in [0, 0.05) is 10.7 Å². The lowest BCUT2D eigenvalue weighted by Gasteiger charge is -2.32. The van der Waals surface area contributed by atoms with E-state index < -0.39 is 9.04 Å². The average molecular weight is 332 g/mol. The van der Waals surface area contributed by atoms with Crippen LogP contribution in [0.2, 0.25) is 13.1 Å². The van der Waals surface area contributed by atoms with Gasteiger partial charge in [0.05, 0.1) is 12.3 Å². The van der Waals surface area contributed by atoms with Crippen LogP contribution in [-0.2, 0) is 4.43 Å². The Hall–Kier alpha value is -0.393. The first-order valence-corrected chi connectivity index (χ1v) is 9.75. The van der Waals surface area contributed by atoms with Gasteiger partial charge in [-0.1, -0.05) is 20.8 Å². The summed E-state index contributed by atoms with van der Waals surface area (Å²) in [6.45, 7) is 11.5. The van der Waals surface area contributed by atoms with E-state index in [9.17, 15) is 0 Å². The zero-order valence-corrected chi connectivity index (χ0v) is 14.5. The van der Waals surface area contributed by atoms with E-state index in [1.165, 1.54) is 0 Å². The van der Waals surface area contributed by atoms with Crippen LogP contribution in [0, 0.1) is 5.41 Å².